The molecule has 0 aromatic carbocycles. The topological polar surface area (TPSA) is 17.1 Å². The van der Waals surface area contributed by atoms with Gasteiger partial charge in [0, 0.05) is 6.08 Å². The molecule has 0 aliphatic rings. The van der Waals surface area contributed by atoms with E-state index in [0.29, 0.717) is 5.92 Å². The number of hydrogen-bond donors (Lipinski definition) is 0. The molecule has 0 rings (SSSR count). The van der Waals surface area contributed by atoms with Crippen LogP contribution in [-0.2, 0) is 4.79 Å². The average molecular weight is 178 g/mol. The van der Waals surface area contributed by atoms with Gasteiger partial charge in [0.05, 0.1) is 0 Å². The first-order valence-electron chi connectivity index (χ1n) is 4.76. The van der Waals surface area contributed by atoms with Crippen molar-refractivity contribution >= 4 is 5.94 Å². The SMILES string of the molecule is CCCC=CC(C)C(C)=CC=C=O. The monoisotopic (exact) mass is 178 g/mol. The predicted octanol–water partition coefficient (Wildman–Crippen LogP) is 3.31. The Morgan fingerprint density at radius 3 is 2.77 bits per heavy atom. The maximum Gasteiger partial charge on any atom is 0.124 e. The normalized spacial score (nSPS) is 14.2. The van der Waals surface area contributed by atoms with Crippen molar-refractivity contribution in [2.24, 2.45) is 5.92 Å². The fraction of sp³-hybridized carbons (Fsp3) is 0.500. The van der Waals surface area contributed by atoms with E-state index >= 15 is 0 Å². The molecular weight excluding hydrogens is 160 g/mol. The Kier molecular flexibility index (Phi) is 6.95. The summed E-state index contributed by atoms with van der Waals surface area (Å²) in [5, 5.41) is 0. The van der Waals surface area contributed by atoms with Crippen LogP contribution in [0.1, 0.15) is 33.6 Å². The Balaban J connectivity index is 4.09. The maximum absolute atomic E-state index is 9.95. The molecule has 0 aliphatic heterocycles. The first kappa shape index (κ1) is 11.9. The van der Waals surface area contributed by atoms with Gasteiger partial charge in [0.1, 0.15) is 5.94 Å². The van der Waals surface area contributed by atoms with Crippen LogP contribution < -0.4 is 0 Å². The van der Waals surface area contributed by atoms with Crippen molar-refractivity contribution < 1.29 is 4.79 Å². The molecule has 1 heteroatoms. The van der Waals surface area contributed by atoms with Crippen LogP contribution in [0.15, 0.2) is 29.9 Å². The fourth-order valence-corrected chi connectivity index (χ4v) is 0.936. The lowest BCUT2D eigenvalue weighted by Crippen LogP contribution is -1.90. The lowest BCUT2D eigenvalue weighted by molar-refractivity contribution is 0.569. The van der Waals surface area contributed by atoms with Crippen molar-refractivity contribution in [2.75, 3.05) is 0 Å². The van der Waals surface area contributed by atoms with Crippen molar-refractivity contribution in [3.8, 4) is 0 Å². The molecule has 0 radical (unpaired) electrons. The summed E-state index contributed by atoms with van der Waals surface area (Å²) >= 11 is 0. The highest BCUT2D eigenvalue weighted by Gasteiger charge is 1.96. The second kappa shape index (κ2) is 7.57. The molecule has 0 saturated carbocycles. The molecule has 0 fully saturated rings. The van der Waals surface area contributed by atoms with E-state index in [0.717, 1.165) is 6.42 Å². The molecule has 1 atom stereocenters. The standard InChI is InChI=1S/C12H18O/c1-4-5-6-8-11(2)12(3)9-7-10-13/h6-9,11H,4-5H2,1-3H3. The summed E-state index contributed by atoms with van der Waals surface area (Å²) in [5.74, 6) is 2.16. The van der Waals surface area contributed by atoms with Crippen LogP contribution in [-0.4, -0.2) is 5.94 Å². The largest absolute Gasteiger partial charge is 0.234 e. The van der Waals surface area contributed by atoms with Crippen LogP contribution in [0.5, 0.6) is 0 Å². The van der Waals surface area contributed by atoms with Gasteiger partial charge in [-0.25, -0.2) is 4.79 Å². The van der Waals surface area contributed by atoms with Gasteiger partial charge in [-0.1, -0.05) is 44.1 Å². The number of hydrogen-bond acceptors (Lipinski definition) is 1. The van der Waals surface area contributed by atoms with Crippen LogP contribution in [0.4, 0.5) is 0 Å². The molecular formula is C12H18O. The van der Waals surface area contributed by atoms with Gasteiger partial charge in [-0.15, -0.1) is 0 Å². The summed E-state index contributed by atoms with van der Waals surface area (Å²) in [7, 11) is 0. The van der Waals surface area contributed by atoms with Gasteiger partial charge in [-0.3, -0.25) is 0 Å². The Labute approximate surface area is 80.8 Å². The second-order valence-electron chi connectivity index (χ2n) is 3.20. The summed E-state index contributed by atoms with van der Waals surface area (Å²) < 4.78 is 0. The average Bonchev–Trinajstić information content (AvgIpc) is 2.14. The third kappa shape index (κ3) is 6.12. The van der Waals surface area contributed by atoms with Gasteiger partial charge >= 0.3 is 0 Å². The predicted molar refractivity (Wildman–Crippen MR) is 57.2 cm³/mol. The van der Waals surface area contributed by atoms with Crippen molar-refractivity contribution in [3.63, 3.8) is 0 Å². The van der Waals surface area contributed by atoms with E-state index in [2.05, 4.69) is 26.0 Å². The lowest BCUT2D eigenvalue weighted by atomic mass is 10.0. The molecule has 0 aromatic heterocycles. The second-order valence-corrected chi connectivity index (χ2v) is 3.20. The van der Waals surface area contributed by atoms with Gasteiger partial charge < -0.3 is 0 Å². The van der Waals surface area contributed by atoms with E-state index in [1.54, 1.807) is 5.94 Å². The third-order valence-electron chi connectivity index (χ3n) is 2.01. The molecule has 1 unspecified atom stereocenters. The molecule has 0 spiro atoms. The van der Waals surface area contributed by atoms with E-state index in [1.807, 2.05) is 13.0 Å². The highest BCUT2D eigenvalue weighted by atomic mass is 16.1. The first-order chi connectivity index (χ1) is 6.22. The van der Waals surface area contributed by atoms with Gasteiger partial charge in [0.15, 0.2) is 0 Å². The van der Waals surface area contributed by atoms with E-state index in [9.17, 15) is 4.79 Å². The summed E-state index contributed by atoms with van der Waals surface area (Å²) in [6.07, 6.45) is 9.90. The van der Waals surface area contributed by atoms with Crippen LogP contribution in [0, 0.1) is 5.92 Å². The Morgan fingerprint density at radius 2 is 2.23 bits per heavy atom. The van der Waals surface area contributed by atoms with Gasteiger partial charge in [-0.05, 0) is 19.3 Å². The molecule has 0 bridgehead atoms. The Morgan fingerprint density at radius 1 is 1.54 bits per heavy atom. The van der Waals surface area contributed by atoms with E-state index in [4.69, 9.17) is 0 Å². The Hall–Kier alpha value is -1.07. The molecule has 0 aromatic rings. The fourth-order valence-electron chi connectivity index (χ4n) is 0.936. The Bertz CT molecular complexity index is 230. The molecule has 0 saturated heterocycles. The molecule has 1 nitrogen and oxygen atoms in total. The summed E-state index contributed by atoms with van der Waals surface area (Å²) in [4.78, 5) is 9.95. The van der Waals surface area contributed by atoms with E-state index in [-0.39, 0.29) is 0 Å². The zero-order chi connectivity index (χ0) is 10.1. The van der Waals surface area contributed by atoms with Crippen LogP contribution in [0.3, 0.4) is 0 Å². The minimum atomic E-state index is 0.413. The number of unbranched alkanes of at least 4 members (excludes halogenated alkanes) is 1. The summed E-state index contributed by atoms with van der Waals surface area (Å²) in [6, 6.07) is 0. The highest BCUT2D eigenvalue weighted by Crippen LogP contribution is 2.11. The van der Waals surface area contributed by atoms with Gasteiger partial charge in [-0.2, -0.15) is 0 Å². The van der Waals surface area contributed by atoms with Crippen LogP contribution in [0.25, 0.3) is 0 Å². The smallest absolute Gasteiger partial charge is 0.124 e. The van der Waals surface area contributed by atoms with Crippen molar-refractivity contribution in [2.45, 2.75) is 33.6 Å². The molecule has 0 N–H and O–H groups in total. The van der Waals surface area contributed by atoms with E-state index < -0.39 is 0 Å². The van der Waals surface area contributed by atoms with Crippen LogP contribution >= 0.6 is 0 Å². The zero-order valence-electron chi connectivity index (χ0n) is 8.71. The van der Waals surface area contributed by atoms with Gasteiger partial charge in [0.2, 0.25) is 0 Å². The third-order valence-corrected chi connectivity index (χ3v) is 2.01. The van der Waals surface area contributed by atoms with Gasteiger partial charge in [0.25, 0.3) is 0 Å². The number of carbonyl (C=O) groups excluding carboxylic acids is 1. The maximum atomic E-state index is 9.95. The number of rotatable bonds is 5. The molecule has 0 aliphatic carbocycles. The van der Waals surface area contributed by atoms with Crippen molar-refractivity contribution in [1.82, 2.24) is 0 Å². The molecule has 0 heterocycles. The van der Waals surface area contributed by atoms with E-state index in [1.165, 1.54) is 18.1 Å². The molecule has 0 amide bonds. The molecule has 13 heavy (non-hydrogen) atoms. The lowest BCUT2D eigenvalue weighted by Gasteiger charge is -2.04. The summed E-state index contributed by atoms with van der Waals surface area (Å²) in [5.41, 5.74) is 1.19. The first-order valence-corrected chi connectivity index (χ1v) is 4.76. The number of allylic oxidation sites excluding steroid dienone is 5. The minimum Gasteiger partial charge on any atom is -0.234 e. The van der Waals surface area contributed by atoms with Crippen LogP contribution in [0.2, 0.25) is 0 Å². The minimum absolute atomic E-state index is 0.413. The zero-order valence-corrected chi connectivity index (χ0v) is 8.71. The van der Waals surface area contributed by atoms with Crippen molar-refractivity contribution in [1.29, 1.82) is 0 Å². The highest BCUT2D eigenvalue weighted by molar-refractivity contribution is 5.49. The molecule has 72 valence electrons. The summed E-state index contributed by atoms with van der Waals surface area (Å²) in [6.45, 7) is 6.30. The quantitative estimate of drug-likeness (QED) is 0.358. The van der Waals surface area contributed by atoms with Crippen molar-refractivity contribution in [3.05, 3.63) is 29.9 Å².